The topological polar surface area (TPSA) is 58.6 Å². The van der Waals surface area contributed by atoms with Crippen molar-refractivity contribution in [2.24, 2.45) is 0 Å². The van der Waals surface area contributed by atoms with Crippen LogP contribution in [0.1, 0.15) is 10.4 Å². The Bertz CT molecular complexity index is 1050. The van der Waals surface area contributed by atoms with E-state index >= 15 is 0 Å². The van der Waals surface area contributed by atoms with E-state index in [1.54, 1.807) is 36.4 Å². The van der Waals surface area contributed by atoms with Crippen LogP contribution < -0.4 is 15.0 Å². The molecule has 0 unspecified atom stereocenters. The van der Waals surface area contributed by atoms with Crippen LogP contribution in [0.25, 0.3) is 10.8 Å². The summed E-state index contributed by atoms with van der Waals surface area (Å²) in [6.07, 6.45) is 1.66. The van der Waals surface area contributed by atoms with Crippen molar-refractivity contribution >= 4 is 34.0 Å². The molecule has 1 aliphatic rings. The summed E-state index contributed by atoms with van der Waals surface area (Å²) in [5.41, 5.74) is 2.02. The van der Waals surface area contributed by atoms with Gasteiger partial charge in [0.1, 0.15) is 18.9 Å². The molecule has 0 aromatic heterocycles. The molecule has 4 rings (SSSR count). The summed E-state index contributed by atoms with van der Waals surface area (Å²) in [6.45, 7) is 3.95. The van der Waals surface area contributed by atoms with Crippen LogP contribution in [0.4, 0.5) is 11.4 Å². The zero-order valence-corrected chi connectivity index (χ0v) is 14.6. The Morgan fingerprint density at radius 1 is 1.11 bits per heavy atom. The van der Waals surface area contributed by atoms with Gasteiger partial charge in [-0.1, -0.05) is 43.0 Å². The van der Waals surface area contributed by atoms with Gasteiger partial charge in [0.05, 0.1) is 5.69 Å². The first-order valence-corrected chi connectivity index (χ1v) is 8.64. The summed E-state index contributed by atoms with van der Waals surface area (Å²) in [4.78, 5) is 26.8. The molecule has 5 nitrogen and oxygen atoms in total. The molecule has 1 heterocycles. The predicted molar refractivity (Wildman–Crippen MR) is 106 cm³/mol. The molecule has 3 aromatic rings. The summed E-state index contributed by atoms with van der Waals surface area (Å²) < 4.78 is 5.47. The maximum atomic E-state index is 12.8. The van der Waals surface area contributed by atoms with Gasteiger partial charge in [-0.05, 0) is 29.7 Å². The number of rotatable bonds is 6. The van der Waals surface area contributed by atoms with E-state index in [0.29, 0.717) is 23.6 Å². The lowest BCUT2D eigenvalue weighted by Gasteiger charge is -2.17. The largest absolute Gasteiger partial charge is 0.489 e. The van der Waals surface area contributed by atoms with Crippen LogP contribution >= 0.6 is 0 Å². The monoisotopic (exact) mass is 358 g/mol. The Balaban J connectivity index is 1.52. The molecule has 3 aromatic carbocycles. The van der Waals surface area contributed by atoms with E-state index in [0.717, 1.165) is 16.5 Å². The molecule has 0 bridgehead atoms. The molecule has 0 saturated carbocycles. The second kappa shape index (κ2) is 6.96. The van der Waals surface area contributed by atoms with Crippen LogP contribution in [0.15, 0.2) is 73.3 Å². The van der Waals surface area contributed by atoms with Gasteiger partial charge in [0, 0.05) is 22.7 Å². The summed E-state index contributed by atoms with van der Waals surface area (Å²) >= 11 is 0. The first kappa shape index (κ1) is 16.8. The van der Waals surface area contributed by atoms with Crippen molar-refractivity contribution < 1.29 is 14.3 Å². The highest BCUT2D eigenvalue weighted by Gasteiger charge is 2.30. The third-order valence-corrected chi connectivity index (χ3v) is 4.44. The summed E-state index contributed by atoms with van der Waals surface area (Å²) in [7, 11) is 0. The predicted octanol–water partition coefficient (Wildman–Crippen LogP) is 4.00. The van der Waals surface area contributed by atoms with E-state index in [1.165, 1.54) is 4.90 Å². The van der Waals surface area contributed by atoms with Gasteiger partial charge in [-0.3, -0.25) is 14.5 Å². The van der Waals surface area contributed by atoms with E-state index < -0.39 is 0 Å². The van der Waals surface area contributed by atoms with Crippen LogP contribution in [0, 0.1) is 0 Å². The van der Waals surface area contributed by atoms with Gasteiger partial charge < -0.3 is 10.1 Å². The number of hydrogen-bond donors (Lipinski definition) is 1. The molecule has 0 fully saturated rings. The van der Waals surface area contributed by atoms with Gasteiger partial charge in [0.25, 0.3) is 5.91 Å². The summed E-state index contributed by atoms with van der Waals surface area (Å²) in [5.74, 6) is 0.219. The molecule has 0 radical (unpaired) electrons. The number of carbonyl (C=O) groups excluding carboxylic acids is 2. The van der Waals surface area contributed by atoms with Crippen LogP contribution in [-0.2, 0) is 4.79 Å². The average molecular weight is 358 g/mol. The van der Waals surface area contributed by atoms with Gasteiger partial charge in [-0.25, -0.2) is 0 Å². The average Bonchev–Trinajstić information content (AvgIpc) is 2.95. The molecule has 1 N–H and O–H groups in total. The molecule has 0 aliphatic carbocycles. The first-order valence-electron chi connectivity index (χ1n) is 8.64. The van der Waals surface area contributed by atoms with E-state index in [4.69, 9.17) is 4.74 Å². The molecule has 5 heteroatoms. The van der Waals surface area contributed by atoms with E-state index in [2.05, 4.69) is 11.9 Å². The van der Waals surface area contributed by atoms with Crippen molar-refractivity contribution in [2.75, 3.05) is 23.4 Å². The van der Waals surface area contributed by atoms with Crippen molar-refractivity contribution in [2.45, 2.75) is 0 Å². The number of amides is 2. The zero-order chi connectivity index (χ0) is 18.8. The molecule has 2 amide bonds. The van der Waals surface area contributed by atoms with Gasteiger partial charge in [0.2, 0.25) is 5.91 Å². The Hall–Kier alpha value is -3.60. The molecule has 1 aliphatic heterocycles. The highest BCUT2D eigenvalue weighted by atomic mass is 16.5. The number of hydrogen-bond acceptors (Lipinski definition) is 3. The minimum Gasteiger partial charge on any atom is -0.489 e. The number of nitrogens with one attached hydrogen (secondary N) is 1. The number of benzene rings is 3. The van der Waals surface area contributed by atoms with Crippen LogP contribution in [-0.4, -0.2) is 25.0 Å². The van der Waals surface area contributed by atoms with Crippen molar-refractivity contribution in [3.8, 4) is 5.75 Å². The second-order valence-electron chi connectivity index (χ2n) is 6.25. The highest BCUT2D eigenvalue weighted by molar-refractivity contribution is 6.26. The lowest BCUT2D eigenvalue weighted by atomic mass is 10.1. The van der Waals surface area contributed by atoms with Gasteiger partial charge in [0.15, 0.2) is 0 Å². The zero-order valence-electron chi connectivity index (χ0n) is 14.6. The van der Waals surface area contributed by atoms with Gasteiger partial charge in [-0.15, -0.1) is 0 Å². The normalized spacial score (nSPS) is 12.3. The quantitative estimate of drug-likeness (QED) is 0.678. The first-order chi connectivity index (χ1) is 13.2. The number of anilines is 2. The van der Waals surface area contributed by atoms with Crippen LogP contribution in [0.5, 0.6) is 5.75 Å². The lowest BCUT2D eigenvalue weighted by Crippen LogP contribution is -2.35. The Kier molecular flexibility index (Phi) is 4.34. The SMILES string of the molecule is C=CCOc1cccc(NC(=O)CN2C(=O)c3cccc4cccc2c34)c1. The van der Waals surface area contributed by atoms with E-state index in [9.17, 15) is 9.59 Å². The maximum Gasteiger partial charge on any atom is 0.259 e. The molecular weight excluding hydrogens is 340 g/mol. The molecule has 0 saturated heterocycles. The highest BCUT2D eigenvalue weighted by Crippen LogP contribution is 2.36. The van der Waals surface area contributed by atoms with Crippen molar-refractivity contribution in [1.82, 2.24) is 0 Å². The van der Waals surface area contributed by atoms with Crippen molar-refractivity contribution in [3.05, 3.63) is 78.9 Å². The summed E-state index contributed by atoms with van der Waals surface area (Å²) in [6, 6.07) is 18.5. The number of nitrogens with zero attached hydrogens (tertiary/aromatic N) is 1. The smallest absolute Gasteiger partial charge is 0.259 e. The van der Waals surface area contributed by atoms with Gasteiger partial charge in [-0.2, -0.15) is 0 Å². The summed E-state index contributed by atoms with van der Waals surface area (Å²) in [5, 5.41) is 4.72. The van der Waals surface area contributed by atoms with Crippen molar-refractivity contribution in [3.63, 3.8) is 0 Å². The molecular formula is C22H18N2O3. The molecule has 0 spiro atoms. The van der Waals surface area contributed by atoms with Crippen molar-refractivity contribution in [1.29, 1.82) is 0 Å². The standard InChI is InChI=1S/C22H18N2O3/c1-2-12-27-17-9-5-8-16(13-17)23-20(25)14-24-19-11-4-7-15-6-3-10-18(21(15)19)22(24)26/h2-11,13H,1,12,14H2,(H,23,25). The van der Waals surface area contributed by atoms with Crippen LogP contribution in [0.2, 0.25) is 0 Å². The molecule has 134 valence electrons. The Morgan fingerprint density at radius 2 is 1.89 bits per heavy atom. The lowest BCUT2D eigenvalue weighted by molar-refractivity contribution is -0.114. The fourth-order valence-electron chi connectivity index (χ4n) is 3.30. The minimum absolute atomic E-state index is 0.0512. The number of carbonyl (C=O) groups is 2. The van der Waals surface area contributed by atoms with E-state index in [1.807, 2.05) is 30.3 Å². The fourth-order valence-corrected chi connectivity index (χ4v) is 3.30. The molecule has 0 atom stereocenters. The second-order valence-corrected chi connectivity index (χ2v) is 6.25. The number of ether oxygens (including phenoxy) is 1. The third kappa shape index (κ3) is 3.15. The molecule has 27 heavy (non-hydrogen) atoms. The van der Waals surface area contributed by atoms with E-state index in [-0.39, 0.29) is 18.4 Å². The minimum atomic E-state index is -0.269. The van der Waals surface area contributed by atoms with Crippen LogP contribution in [0.3, 0.4) is 0 Å². The Morgan fingerprint density at radius 3 is 2.70 bits per heavy atom. The Labute approximate surface area is 156 Å². The van der Waals surface area contributed by atoms with Gasteiger partial charge >= 0.3 is 0 Å². The third-order valence-electron chi connectivity index (χ3n) is 4.44. The maximum absolute atomic E-state index is 12.8. The fraction of sp³-hybridized carbons (Fsp3) is 0.0909.